The molecule has 0 radical (unpaired) electrons. The van der Waals surface area contributed by atoms with E-state index in [9.17, 15) is 5.11 Å². The molecule has 0 fully saturated rings. The van der Waals surface area contributed by atoms with Crippen molar-refractivity contribution in [3.63, 3.8) is 0 Å². The van der Waals surface area contributed by atoms with E-state index in [1.54, 1.807) is 0 Å². The maximum absolute atomic E-state index is 10.6. The molecule has 0 aliphatic rings. The molecule has 2 rings (SSSR count). The highest BCUT2D eigenvalue weighted by Crippen LogP contribution is 2.33. The molecule has 21 heavy (non-hydrogen) atoms. The summed E-state index contributed by atoms with van der Waals surface area (Å²) in [7, 11) is 0. The van der Waals surface area contributed by atoms with Gasteiger partial charge in [0.1, 0.15) is 5.69 Å². The molecule has 3 heteroatoms. The summed E-state index contributed by atoms with van der Waals surface area (Å²) in [4.78, 5) is 0. The van der Waals surface area contributed by atoms with Gasteiger partial charge < -0.3 is 5.11 Å². The van der Waals surface area contributed by atoms with Crippen LogP contribution >= 0.6 is 0 Å². The number of aromatic hydroxyl groups is 1. The Kier molecular flexibility index (Phi) is 5.05. The summed E-state index contributed by atoms with van der Waals surface area (Å²) >= 11 is 0. The van der Waals surface area contributed by atoms with Gasteiger partial charge >= 0.3 is 0 Å². The van der Waals surface area contributed by atoms with Crippen molar-refractivity contribution in [3.8, 4) is 17.0 Å². The molecule has 0 bridgehead atoms. The monoisotopic (exact) mass is 286 g/mol. The van der Waals surface area contributed by atoms with Crippen molar-refractivity contribution >= 4 is 0 Å². The maximum Gasteiger partial charge on any atom is 0.164 e. The summed E-state index contributed by atoms with van der Waals surface area (Å²) in [5, 5.41) is 15.3. The summed E-state index contributed by atoms with van der Waals surface area (Å²) in [6.07, 6.45) is 3.07. The van der Waals surface area contributed by atoms with Crippen molar-refractivity contribution in [2.75, 3.05) is 0 Å². The number of nitrogens with zero attached hydrogens (tertiary/aromatic N) is 2. The predicted octanol–water partition coefficient (Wildman–Crippen LogP) is 4.56. The number of aryl methyl sites for hydroxylation is 1. The van der Waals surface area contributed by atoms with Crippen molar-refractivity contribution < 1.29 is 5.11 Å². The molecule has 1 aromatic carbocycles. The Labute approximate surface area is 127 Å². The lowest BCUT2D eigenvalue weighted by atomic mass is 10.1. The molecule has 1 N–H and O–H groups in total. The third-order valence-electron chi connectivity index (χ3n) is 3.66. The fourth-order valence-corrected chi connectivity index (χ4v) is 2.48. The van der Waals surface area contributed by atoms with E-state index in [2.05, 4.69) is 44.9 Å². The molecule has 0 unspecified atom stereocenters. The number of rotatable bonds is 6. The van der Waals surface area contributed by atoms with Crippen LogP contribution in [0.4, 0.5) is 0 Å². The number of hydrogen-bond donors (Lipinski definition) is 1. The van der Waals surface area contributed by atoms with E-state index in [1.165, 1.54) is 5.56 Å². The van der Waals surface area contributed by atoms with Gasteiger partial charge in [0.15, 0.2) is 5.75 Å². The number of unbranched alkanes of at least 4 members (excludes halogenated alkanes) is 1. The minimum Gasteiger partial charge on any atom is -0.504 e. The summed E-state index contributed by atoms with van der Waals surface area (Å²) in [5.74, 6) is 0.864. The van der Waals surface area contributed by atoms with E-state index in [4.69, 9.17) is 0 Å². The number of aromatic nitrogens is 2. The molecule has 3 nitrogen and oxygen atoms in total. The third kappa shape index (κ3) is 3.66. The van der Waals surface area contributed by atoms with Crippen molar-refractivity contribution in [2.24, 2.45) is 5.92 Å². The van der Waals surface area contributed by atoms with Crippen LogP contribution in [0.25, 0.3) is 11.3 Å². The molecule has 0 saturated heterocycles. The van der Waals surface area contributed by atoms with Gasteiger partial charge in [-0.3, -0.25) is 4.68 Å². The molecule has 0 spiro atoms. The number of hydrogen-bond acceptors (Lipinski definition) is 2. The van der Waals surface area contributed by atoms with Gasteiger partial charge in [0.05, 0.1) is 5.69 Å². The fourth-order valence-electron chi connectivity index (χ4n) is 2.48. The van der Waals surface area contributed by atoms with Gasteiger partial charge in [-0.05, 0) is 25.7 Å². The van der Waals surface area contributed by atoms with Gasteiger partial charge in [-0.15, -0.1) is 0 Å². The normalized spacial score (nSPS) is 11.3. The summed E-state index contributed by atoms with van der Waals surface area (Å²) < 4.78 is 1.99. The van der Waals surface area contributed by atoms with Gasteiger partial charge in [0.25, 0.3) is 0 Å². The van der Waals surface area contributed by atoms with Crippen molar-refractivity contribution in [2.45, 2.75) is 53.5 Å². The molecule has 1 heterocycles. The Balaban J connectivity index is 2.41. The zero-order valence-electron chi connectivity index (χ0n) is 13.6. The largest absolute Gasteiger partial charge is 0.504 e. The topological polar surface area (TPSA) is 38.1 Å². The van der Waals surface area contributed by atoms with Crippen molar-refractivity contribution in [1.29, 1.82) is 0 Å². The standard InChI is InChI=1S/C18H26N2O/c1-5-6-7-16-18(21)17(19-20(16)12-13(2)3)15-10-8-14(4)9-11-15/h8-11,13,21H,5-7,12H2,1-4H3. The van der Waals surface area contributed by atoms with E-state index in [0.717, 1.165) is 37.1 Å². The van der Waals surface area contributed by atoms with Crippen LogP contribution in [0, 0.1) is 12.8 Å². The average Bonchev–Trinajstić information content (AvgIpc) is 2.73. The van der Waals surface area contributed by atoms with E-state index < -0.39 is 0 Å². The van der Waals surface area contributed by atoms with E-state index in [1.807, 2.05) is 16.8 Å². The van der Waals surface area contributed by atoms with Gasteiger partial charge in [0.2, 0.25) is 0 Å². The zero-order valence-corrected chi connectivity index (χ0v) is 13.6. The fraction of sp³-hybridized carbons (Fsp3) is 0.500. The second kappa shape index (κ2) is 6.79. The Hall–Kier alpha value is -1.77. The molecule has 0 saturated carbocycles. The highest BCUT2D eigenvalue weighted by atomic mass is 16.3. The smallest absolute Gasteiger partial charge is 0.164 e. The Bertz CT molecular complexity index is 582. The third-order valence-corrected chi connectivity index (χ3v) is 3.66. The van der Waals surface area contributed by atoms with E-state index in [0.29, 0.717) is 17.4 Å². The van der Waals surface area contributed by atoms with Crippen LogP contribution in [0.2, 0.25) is 0 Å². The molecule has 0 amide bonds. The van der Waals surface area contributed by atoms with Crippen molar-refractivity contribution in [3.05, 3.63) is 35.5 Å². The lowest BCUT2D eigenvalue weighted by molar-refractivity contribution is 0.441. The second-order valence-corrected chi connectivity index (χ2v) is 6.19. The SMILES string of the molecule is CCCCc1c(O)c(-c2ccc(C)cc2)nn1CC(C)C. The molecule has 0 aliphatic carbocycles. The Morgan fingerprint density at radius 2 is 1.86 bits per heavy atom. The first-order chi connectivity index (χ1) is 10.0. The van der Waals surface area contributed by atoms with Gasteiger partial charge in [-0.2, -0.15) is 5.10 Å². The van der Waals surface area contributed by atoms with Gasteiger partial charge in [0, 0.05) is 12.1 Å². The van der Waals surface area contributed by atoms with Crippen LogP contribution in [0.15, 0.2) is 24.3 Å². The first-order valence-corrected chi connectivity index (χ1v) is 7.88. The Morgan fingerprint density at radius 1 is 1.19 bits per heavy atom. The zero-order chi connectivity index (χ0) is 15.4. The van der Waals surface area contributed by atoms with Crippen LogP contribution in [-0.2, 0) is 13.0 Å². The molecule has 0 aliphatic heterocycles. The van der Waals surface area contributed by atoms with Crippen LogP contribution in [0.5, 0.6) is 5.75 Å². The summed E-state index contributed by atoms with van der Waals surface area (Å²) in [6, 6.07) is 8.17. The second-order valence-electron chi connectivity index (χ2n) is 6.19. The van der Waals surface area contributed by atoms with E-state index >= 15 is 0 Å². The molecular weight excluding hydrogens is 260 g/mol. The van der Waals surface area contributed by atoms with Gasteiger partial charge in [-0.1, -0.05) is 57.0 Å². The quantitative estimate of drug-likeness (QED) is 0.845. The van der Waals surface area contributed by atoms with E-state index in [-0.39, 0.29) is 0 Å². The molecule has 2 aromatic rings. The first kappa shape index (κ1) is 15.6. The maximum atomic E-state index is 10.6. The highest BCUT2D eigenvalue weighted by molar-refractivity contribution is 5.67. The lowest BCUT2D eigenvalue weighted by Crippen LogP contribution is -2.10. The van der Waals surface area contributed by atoms with Gasteiger partial charge in [-0.25, -0.2) is 0 Å². The molecule has 114 valence electrons. The summed E-state index contributed by atoms with van der Waals surface area (Å²) in [6.45, 7) is 9.43. The number of benzene rings is 1. The molecule has 1 aromatic heterocycles. The average molecular weight is 286 g/mol. The van der Waals surface area contributed by atoms with Crippen LogP contribution in [0.1, 0.15) is 44.9 Å². The first-order valence-electron chi connectivity index (χ1n) is 7.88. The van der Waals surface area contributed by atoms with Crippen LogP contribution in [0.3, 0.4) is 0 Å². The Morgan fingerprint density at radius 3 is 2.43 bits per heavy atom. The van der Waals surface area contributed by atoms with Crippen molar-refractivity contribution in [1.82, 2.24) is 9.78 Å². The molecular formula is C18H26N2O. The molecule has 0 atom stereocenters. The lowest BCUT2D eigenvalue weighted by Gasteiger charge is -2.09. The minimum atomic E-state index is 0.355. The summed E-state index contributed by atoms with van der Waals surface area (Å²) in [5.41, 5.74) is 3.88. The highest BCUT2D eigenvalue weighted by Gasteiger charge is 2.18. The minimum absolute atomic E-state index is 0.355. The predicted molar refractivity (Wildman–Crippen MR) is 87.5 cm³/mol. The van der Waals surface area contributed by atoms with Crippen LogP contribution in [-0.4, -0.2) is 14.9 Å². The van der Waals surface area contributed by atoms with Crippen LogP contribution < -0.4 is 0 Å².